The van der Waals surface area contributed by atoms with Crippen LogP contribution in [0.1, 0.15) is 32.1 Å². The fourth-order valence-corrected chi connectivity index (χ4v) is 1.96. The fourth-order valence-electron chi connectivity index (χ4n) is 1.96. The summed E-state index contributed by atoms with van der Waals surface area (Å²) in [6, 6.07) is -0.457. The monoisotopic (exact) mass is 167 g/mol. The molecule has 1 aliphatic carbocycles. The van der Waals surface area contributed by atoms with Crippen molar-refractivity contribution >= 4 is 11.9 Å². The molecule has 0 aromatic rings. The van der Waals surface area contributed by atoms with Gasteiger partial charge in [0.25, 0.3) is 5.91 Å². The maximum Gasteiger partial charge on any atom is 0.344 e. The first kappa shape index (κ1) is 7.58. The average Bonchev–Trinajstić information content (AvgIpc) is 2.29. The molecule has 0 unspecified atom stereocenters. The fraction of sp³-hybridized carbons (Fsp3) is 0.750. The van der Waals surface area contributed by atoms with Gasteiger partial charge in [-0.15, -0.1) is 0 Å². The molecule has 0 atom stereocenters. The maximum absolute atomic E-state index is 11.3. The highest BCUT2D eigenvalue weighted by molar-refractivity contribution is 6.06. The molecule has 4 nitrogen and oxygen atoms in total. The van der Waals surface area contributed by atoms with Crippen molar-refractivity contribution in [2.24, 2.45) is 0 Å². The summed E-state index contributed by atoms with van der Waals surface area (Å²) in [6.07, 6.45) is 4.64. The van der Waals surface area contributed by atoms with Gasteiger partial charge >= 0.3 is 6.03 Å². The van der Waals surface area contributed by atoms with Gasteiger partial charge in [-0.3, -0.25) is 10.1 Å². The van der Waals surface area contributed by atoms with Crippen LogP contribution in [0.2, 0.25) is 0 Å². The number of nitrogens with one attached hydrogen (secondary N) is 1. The highest BCUT2D eigenvalue weighted by Crippen LogP contribution is 2.31. The Morgan fingerprint density at radius 2 is 1.83 bits per heavy atom. The van der Waals surface area contributed by atoms with Crippen molar-refractivity contribution < 1.29 is 9.59 Å². The van der Waals surface area contributed by atoms with Gasteiger partial charge in [0.05, 0.1) is 0 Å². The Kier molecular flexibility index (Phi) is 1.56. The van der Waals surface area contributed by atoms with Crippen LogP contribution in [0.4, 0.5) is 4.79 Å². The number of nitrogens with zero attached hydrogens (tertiary/aromatic N) is 1. The Balaban J connectivity index is 2.18. The Morgan fingerprint density at radius 1 is 1.17 bits per heavy atom. The predicted molar refractivity (Wildman–Crippen MR) is 41.5 cm³/mol. The summed E-state index contributed by atoms with van der Waals surface area (Å²) in [5.74, 6) is -0.188. The van der Waals surface area contributed by atoms with Crippen molar-refractivity contribution in [1.29, 1.82) is 0 Å². The molecule has 4 heteroatoms. The molecule has 0 bridgehead atoms. The summed E-state index contributed by atoms with van der Waals surface area (Å²) < 4.78 is 0. The van der Waals surface area contributed by atoms with Crippen LogP contribution in [0.3, 0.4) is 0 Å². The smallest absolute Gasteiger partial charge is 0.274 e. The zero-order valence-corrected chi connectivity index (χ0v) is 6.80. The lowest BCUT2D eigenvalue weighted by Crippen LogP contribution is -2.44. The average molecular weight is 167 g/mol. The summed E-state index contributed by atoms with van der Waals surface area (Å²) >= 11 is 0. The van der Waals surface area contributed by atoms with Crippen LogP contribution in [-0.2, 0) is 4.79 Å². The van der Waals surface area contributed by atoms with E-state index in [1.807, 2.05) is 0 Å². The second-order valence-electron chi connectivity index (χ2n) is 3.46. The number of carbonyl (C=O) groups is 2. The third kappa shape index (κ3) is 0.983. The molecule has 3 amide bonds. The zero-order valence-electron chi connectivity index (χ0n) is 6.80. The van der Waals surface area contributed by atoms with Gasteiger partial charge < -0.3 is 0 Å². The van der Waals surface area contributed by atoms with E-state index in [0.29, 0.717) is 0 Å². The van der Waals surface area contributed by atoms with E-state index >= 15 is 0 Å². The van der Waals surface area contributed by atoms with E-state index < -0.39 is 11.6 Å². The van der Waals surface area contributed by atoms with E-state index in [1.165, 1.54) is 0 Å². The van der Waals surface area contributed by atoms with E-state index in [0.717, 1.165) is 32.1 Å². The van der Waals surface area contributed by atoms with Gasteiger partial charge in [0.1, 0.15) is 5.54 Å². The Morgan fingerprint density at radius 3 is 2.33 bits per heavy atom. The van der Waals surface area contributed by atoms with Crippen LogP contribution in [0.5, 0.6) is 0 Å². The minimum atomic E-state index is -0.671. The van der Waals surface area contributed by atoms with Crippen molar-refractivity contribution in [3.8, 4) is 0 Å². The lowest BCUT2D eigenvalue weighted by Gasteiger charge is -2.27. The lowest BCUT2D eigenvalue weighted by atomic mass is 9.82. The van der Waals surface area contributed by atoms with Gasteiger partial charge in [0, 0.05) is 0 Å². The minimum Gasteiger partial charge on any atom is -0.274 e. The molecule has 1 saturated heterocycles. The van der Waals surface area contributed by atoms with Crippen molar-refractivity contribution in [3.05, 3.63) is 0 Å². The van der Waals surface area contributed by atoms with E-state index in [9.17, 15) is 9.59 Å². The van der Waals surface area contributed by atoms with Gasteiger partial charge in [0.15, 0.2) is 0 Å². The molecule has 65 valence electrons. The van der Waals surface area contributed by atoms with Crippen LogP contribution < -0.4 is 10.6 Å². The molecule has 1 spiro atoms. The normalized spacial score (nSPS) is 27.0. The van der Waals surface area contributed by atoms with Gasteiger partial charge in [-0.25, -0.2) is 10.1 Å². The standard InChI is InChI=1S/C8H11N2O2/c11-6-8(10-7(12)9-6)4-2-1-3-5-8/h1-5H2,(H,9,11,12). The topological polar surface area (TPSA) is 60.3 Å². The molecule has 1 aliphatic heterocycles. The van der Waals surface area contributed by atoms with Crippen molar-refractivity contribution in [2.75, 3.05) is 0 Å². The second-order valence-corrected chi connectivity index (χ2v) is 3.46. The van der Waals surface area contributed by atoms with E-state index in [4.69, 9.17) is 0 Å². The molecule has 1 N–H and O–H groups in total. The number of hydrogen-bond acceptors (Lipinski definition) is 2. The number of amides is 3. The molecule has 0 aromatic carbocycles. The zero-order chi connectivity index (χ0) is 8.60. The third-order valence-electron chi connectivity index (χ3n) is 2.64. The number of carbonyl (C=O) groups excluding carboxylic acids is 2. The van der Waals surface area contributed by atoms with E-state index in [-0.39, 0.29) is 5.91 Å². The summed E-state index contributed by atoms with van der Waals surface area (Å²) in [6.45, 7) is 0. The first-order chi connectivity index (χ1) is 5.73. The number of hydrogen-bond donors (Lipinski definition) is 1. The van der Waals surface area contributed by atoms with Crippen molar-refractivity contribution in [1.82, 2.24) is 10.6 Å². The first-order valence-electron chi connectivity index (χ1n) is 4.31. The number of urea groups is 1. The van der Waals surface area contributed by atoms with Crippen LogP contribution in [0.15, 0.2) is 0 Å². The summed E-state index contributed by atoms with van der Waals surface area (Å²) in [5.41, 5.74) is -0.671. The SMILES string of the molecule is O=C1[N]C2(CCCCC2)C(=O)N1. The molecule has 2 aliphatic rings. The van der Waals surface area contributed by atoms with Crippen molar-refractivity contribution in [3.63, 3.8) is 0 Å². The Bertz CT molecular complexity index is 231. The highest BCUT2D eigenvalue weighted by atomic mass is 16.2. The molecule has 12 heavy (non-hydrogen) atoms. The van der Waals surface area contributed by atoms with Crippen LogP contribution >= 0.6 is 0 Å². The van der Waals surface area contributed by atoms with Crippen LogP contribution in [-0.4, -0.2) is 17.5 Å². The van der Waals surface area contributed by atoms with E-state index in [1.54, 1.807) is 0 Å². The molecular weight excluding hydrogens is 156 g/mol. The summed E-state index contributed by atoms with van der Waals surface area (Å²) in [4.78, 5) is 22.2. The minimum absolute atomic E-state index is 0.188. The largest absolute Gasteiger partial charge is 0.344 e. The number of imide groups is 1. The molecule has 0 aromatic heterocycles. The molecule has 1 heterocycles. The van der Waals surface area contributed by atoms with Gasteiger partial charge in [0.2, 0.25) is 0 Å². The van der Waals surface area contributed by atoms with Gasteiger partial charge in [-0.2, -0.15) is 0 Å². The molecule has 1 radical (unpaired) electrons. The van der Waals surface area contributed by atoms with Crippen LogP contribution in [0, 0.1) is 0 Å². The Labute approximate surface area is 70.7 Å². The highest BCUT2D eigenvalue weighted by Gasteiger charge is 2.48. The first-order valence-corrected chi connectivity index (χ1v) is 4.31. The molecule has 2 fully saturated rings. The summed E-state index contributed by atoms with van der Waals surface area (Å²) in [5, 5.41) is 6.09. The van der Waals surface area contributed by atoms with Gasteiger partial charge in [-0.1, -0.05) is 19.3 Å². The predicted octanol–water partition coefficient (Wildman–Crippen LogP) is 0.543. The Hall–Kier alpha value is -1.06. The van der Waals surface area contributed by atoms with Crippen LogP contribution in [0.25, 0.3) is 0 Å². The number of rotatable bonds is 0. The molecule has 2 rings (SSSR count). The maximum atomic E-state index is 11.3. The van der Waals surface area contributed by atoms with Crippen molar-refractivity contribution in [2.45, 2.75) is 37.6 Å². The third-order valence-corrected chi connectivity index (χ3v) is 2.64. The lowest BCUT2D eigenvalue weighted by molar-refractivity contribution is -0.125. The second kappa shape index (κ2) is 2.47. The van der Waals surface area contributed by atoms with Gasteiger partial charge in [-0.05, 0) is 12.8 Å². The quantitative estimate of drug-likeness (QED) is 0.535. The molecule has 1 saturated carbocycles. The molecular formula is C8H11N2O2. The summed E-state index contributed by atoms with van der Waals surface area (Å²) in [7, 11) is 0. The van der Waals surface area contributed by atoms with E-state index in [2.05, 4.69) is 10.6 Å².